The highest BCUT2D eigenvalue weighted by Crippen LogP contribution is 2.44. The fourth-order valence-corrected chi connectivity index (χ4v) is 2.39. The maximum Gasteiger partial charge on any atom is 0.328 e. The monoisotopic (exact) mass is 338 g/mol. The lowest BCUT2D eigenvalue weighted by atomic mass is 9.59. The molecule has 1 saturated heterocycles. The van der Waals surface area contributed by atoms with Crippen LogP contribution in [0.15, 0.2) is 11.0 Å². The zero-order chi connectivity index (χ0) is 17.8. The quantitative estimate of drug-likeness (QED) is 0.287. The highest BCUT2D eigenvalue weighted by Gasteiger charge is 2.66. The van der Waals surface area contributed by atoms with E-state index in [1.165, 1.54) is 0 Å². The van der Waals surface area contributed by atoms with E-state index in [1.54, 1.807) is 0 Å². The minimum atomic E-state index is -3.59. The molecule has 0 bridgehead atoms. The fourth-order valence-electron chi connectivity index (χ4n) is 2.18. The van der Waals surface area contributed by atoms with Crippen molar-refractivity contribution < 1.29 is 29.6 Å². The smallest absolute Gasteiger partial charge is 0.328 e. The lowest BCUT2D eigenvalue weighted by Crippen LogP contribution is -2.59. The summed E-state index contributed by atoms with van der Waals surface area (Å²) in [5.41, 5.74) is -3.73. The Bertz CT molecular complexity index is 739. The first-order valence-corrected chi connectivity index (χ1v) is 6.59. The van der Waals surface area contributed by atoms with Crippen molar-refractivity contribution in [1.82, 2.24) is 9.55 Å². The average molecular weight is 338 g/mol. The van der Waals surface area contributed by atoms with Crippen LogP contribution in [0.1, 0.15) is 5.56 Å². The van der Waals surface area contributed by atoms with Gasteiger partial charge in [0.2, 0.25) is 0 Å². The molecular formula is C10H10B3FN2O6S. The molecule has 1 aromatic heterocycles. The molecule has 6 radical (unpaired) electrons. The SMILES string of the molecule is [B]C([B])(O)[C@@]1(F)O[C@@]([B])(n2cc(CO)c(=S)[nH]c2=O)[C@H](O)[C@@H]1O. The van der Waals surface area contributed by atoms with Crippen LogP contribution in [0.2, 0.25) is 0 Å². The predicted octanol–water partition coefficient (Wildman–Crippen LogP) is -3.42. The van der Waals surface area contributed by atoms with E-state index in [9.17, 15) is 24.5 Å². The third-order valence-electron chi connectivity index (χ3n) is 3.52. The van der Waals surface area contributed by atoms with E-state index in [0.717, 1.165) is 6.20 Å². The van der Waals surface area contributed by atoms with Crippen LogP contribution >= 0.6 is 12.2 Å². The van der Waals surface area contributed by atoms with Crippen LogP contribution < -0.4 is 5.69 Å². The second-order valence-corrected chi connectivity index (χ2v) is 5.56. The molecule has 4 atom stereocenters. The third kappa shape index (κ3) is 2.61. The van der Waals surface area contributed by atoms with Gasteiger partial charge in [-0.2, -0.15) is 0 Å². The molecule has 1 aliphatic rings. The van der Waals surface area contributed by atoms with Gasteiger partial charge in [-0.15, -0.1) is 0 Å². The molecule has 1 aromatic rings. The highest BCUT2D eigenvalue weighted by molar-refractivity contribution is 7.71. The number of alkyl halides is 1. The van der Waals surface area contributed by atoms with Crippen LogP contribution in [0.3, 0.4) is 0 Å². The molecule has 0 unspecified atom stereocenters. The van der Waals surface area contributed by atoms with Gasteiger partial charge in [-0.3, -0.25) is 9.55 Å². The van der Waals surface area contributed by atoms with Crippen molar-refractivity contribution in [3.8, 4) is 0 Å². The molecule has 118 valence electrons. The zero-order valence-corrected chi connectivity index (χ0v) is 12.3. The van der Waals surface area contributed by atoms with Crippen LogP contribution in [-0.2, 0) is 17.0 Å². The number of rotatable bonds is 3. The molecule has 2 rings (SSSR count). The number of hydrogen-bond acceptors (Lipinski definition) is 7. The van der Waals surface area contributed by atoms with Crippen molar-refractivity contribution in [3.05, 3.63) is 26.9 Å². The lowest BCUT2D eigenvalue weighted by Gasteiger charge is -2.37. The van der Waals surface area contributed by atoms with Crippen molar-refractivity contribution in [1.29, 1.82) is 0 Å². The molecule has 0 aliphatic carbocycles. The second kappa shape index (κ2) is 5.54. The molecule has 1 aliphatic heterocycles. The van der Waals surface area contributed by atoms with Gasteiger partial charge in [-0.05, 0) is 0 Å². The van der Waals surface area contributed by atoms with Crippen LogP contribution in [0, 0.1) is 4.64 Å². The first-order chi connectivity index (χ1) is 10.4. The summed E-state index contributed by atoms with van der Waals surface area (Å²) in [6.07, 6.45) is -3.84. The van der Waals surface area contributed by atoms with Crippen LogP contribution in [0.25, 0.3) is 0 Å². The van der Waals surface area contributed by atoms with E-state index in [0.29, 0.717) is 4.57 Å². The van der Waals surface area contributed by atoms with E-state index in [-0.39, 0.29) is 10.2 Å². The van der Waals surface area contributed by atoms with E-state index in [4.69, 9.17) is 40.9 Å². The Morgan fingerprint density at radius 1 is 1.48 bits per heavy atom. The Morgan fingerprint density at radius 3 is 2.48 bits per heavy atom. The first-order valence-electron chi connectivity index (χ1n) is 6.19. The summed E-state index contributed by atoms with van der Waals surface area (Å²) in [7, 11) is 15.7. The number of nitrogens with one attached hydrogen (secondary N) is 1. The zero-order valence-electron chi connectivity index (χ0n) is 11.5. The van der Waals surface area contributed by atoms with Crippen LogP contribution in [0.4, 0.5) is 4.39 Å². The summed E-state index contributed by atoms with van der Waals surface area (Å²) in [6, 6.07) is 0. The number of ether oxygens (including phenoxy) is 1. The van der Waals surface area contributed by atoms with E-state index in [1.807, 2.05) is 0 Å². The fraction of sp³-hybridized carbons (Fsp3) is 0.600. The number of aliphatic hydroxyl groups is 4. The van der Waals surface area contributed by atoms with Crippen molar-refractivity contribution in [2.45, 2.75) is 35.7 Å². The molecule has 0 amide bonds. The minimum absolute atomic E-state index is 0.00170. The number of aromatic amines is 1. The average Bonchev–Trinajstić information content (AvgIpc) is 2.61. The second-order valence-electron chi connectivity index (χ2n) is 5.16. The highest BCUT2D eigenvalue weighted by atomic mass is 32.1. The summed E-state index contributed by atoms with van der Waals surface area (Å²) in [5, 5.41) is 35.1. The van der Waals surface area contributed by atoms with Gasteiger partial charge in [-0.25, -0.2) is 9.18 Å². The maximum atomic E-state index is 14.6. The molecular weight excluding hydrogens is 328 g/mol. The Morgan fingerprint density at radius 2 is 2.04 bits per heavy atom. The molecule has 8 nitrogen and oxygen atoms in total. The molecule has 1 fully saturated rings. The van der Waals surface area contributed by atoms with Gasteiger partial charge in [0, 0.05) is 17.2 Å². The Labute approximate surface area is 138 Å². The Hall–Kier alpha value is -0.975. The van der Waals surface area contributed by atoms with Gasteiger partial charge in [0.05, 0.1) is 6.61 Å². The summed E-state index contributed by atoms with van der Waals surface area (Å²) < 4.78 is 19.6. The number of aliphatic hydroxyl groups excluding tert-OH is 3. The summed E-state index contributed by atoms with van der Waals surface area (Å²) >= 11 is 4.79. The Balaban J connectivity index is 2.64. The number of nitrogens with zero attached hydrogens (tertiary/aromatic N) is 1. The number of aromatic nitrogens is 2. The van der Waals surface area contributed by atoms with E-state index < -0.39 is 41.4 Å². The van der Waals surface area contributed by atoms with Crippen molar-refractivity contribution in [2.75, 3.05) is 0 Å². The van der Waals surface area contributed by atoms with Gasteiger partial charge in [-0.1, -0.05) is 12.2 Å². The number of halogens is 1. The van der Waals surface area contributed by atoms with Crippen molar-refractivity contribution >= 4 is 35.8 Å². The van der Waals surface area contributed by atoms with E-state index in [2.05, 4.69) is 9.72 Å². The molecule has 5 N–H and O–H groups in total. The predicted molar refractivity (Wildman–Crippen MR) is 78.9 cm³/mol. The van der Waals surface area contributed by atoms with Gasteiger partial charge in [0.1, 0.15) is 46.0 Å². The third-order valence-corrected chi connectivity index (χ3v) is 3.89. The van der Waals surface area contributed by atoms with Gasteiger partial charge in [0.15, 0.2) is 0 Å². The van der Waals surface area contributed by atoms with Crippen LogP contribution in [-0.4, -0.2) is 77.0 Å². The van der Waals surface area contributed by atoms with Gasteiger partial charge < -0.3 is 25.2 Å². The number of H-pyrrole nitrogens is 1. The summed E-state index contributed by atoms with van der Waals surface area (Å²) in [6.45, 7) is -0.608. The molecule has 13 heteroatoms. The van der Waals surface area contributed by atoms with E-state index >= 15 is 0 Å². The summed E-state index contributed by atoms with van der Waals surface area (Å²) in [4.78, 5) is 14.1. The molecule has 2 heterocycles. The lowest BCUT2D eigenvalue weighted by molar-refractivity contribution is -0.243. The molecule has 0 aromatic carbocycles. The standard InChI is InChI=1S/C10H10B3FN2O6S/c11-9(16-1-3(2-17)6(23)15-7(16)20)5(19)4(18)8(14,22-9)10(12,13)21/h1,4-5,17-19,21H,2H2,(H,15,20,23)/t4-,5+,8-,9-/m0/s1. The molecule has 0 spiro atoms. The maximum absolute atomic E-state index is 14.6. The van der Waals surface area contributed by atoms with Gasteiger partial charge >= 0.3 is 5.69 Å². The minimum Gasteiger partial charge on any atom is -0.403 e. The van der Waals surface area contributed by atoms with Crippen molar-refractivity contribution in [3.63, 3.8) is 0 Å². The van der Waals surface area contributed by atoms with Crippen molar-refractivity contribution in [2.24, 2.45) is 0 Å². The number of hydrogen-bond donors (Lipinski definition) is 5. The van der Waals surface area contributed by atoms with Crippen LogP contribution in [0.5, 0.6) is 0 Å². The first kappa shape index (κ1) is 18.4. The summed E-state index contributed by atoms with van der Waals surface area (Å²) in [5.74, 6) is -3.59. The molecule has 23 heavy (non-hydrogen) atoms. The van der Waals surface area contributed by atoms with Gasteiger partial charge in [0.25, 0.3) is 5.85 Å². The normalized spacial score (nSPS) is 34.7. The Kier molecular flexibility index (Phi) is 4.42. The largest absolute Gasteiger partial charge is 0.403 e. The molecule has 0 saturated carbocycles. The topological polar surface area (TPSA) is 128 Å².